The second-order valence-electron chi connectivity index (χ2n) is 3.48. The first-order chi connectivity index (χ1) is 8.06. The molecular formula is C12H9ClF2N2. The van der Waals surface area contributed by atoms with E-state index >= 15 is 0 Å². The van der Waals surface area contributed by atoms with Crippen LogP contribution < -0.4 is 11.1 Å². The van der Waals surface area contributed by atoms with Crippen LogP contribution in [0.5, 0.6) is 0 Å². The molecule has 0 saturated carbocycles. The van der Waals surface area contributed by atoms with E-state index < -0.39 is 11.6 Å². The zero-order valence-corrected chi connectivity index (χ0v) is 9.43. The summed E-state index contributed by atoms with van der Waals surface area (Å²) < 4.78 is 25.7. The van der Waals surface area contributed by atoms with Crippen molar-refractivity contribution in [3.05, 3.63) is 53.1 Å². The quantitative estimate of drug-likeness (QED) is 0.797. The molecule has 0 heterocycles. The smallest absolute Gasteiger partial charge is 0.125 e. The van der Waals surface area contributed by atoms with Crippen molar-refractivity contribution in [2.24, 2.45) is 0 Å². The number of halogens is 3. The van der Waals surface area contributed by atoms with Crippen LogP contribution in [0.3, 0.4) is 0 Å². The number of hydrogen-bond acceptors (Lipinski definition) is 2. The number of nitrogens with two attached hydrogens (primary N) is 1. The molecule has 2 aromatic carbocycles. The Bertz CT molecular complexity index is 509. The van der Waals surface area contributed by atoms with Crippen LogP contribution in [0.1, 0.15) is 0 Å². The van der Waals surface area contributed by atoms with Crippen LogP contribution in [0.4, 0.5) is 25.8 Å². The minimum absolute atomic E-state index is 0.230. The van der Waals surface area contributed by atoms with Crippen molar-refractivity contribution < 1.29 is 8.78 Å². The number of nitrogens with one attached hydrogen (secondary N) is 1. The van der Waals surface area contributed by atoms with Crippen LogP contribution in [0.2, 0.25) is 5.02 Å². The molecule has 0 spiro atoms. The van der Waals surface area contributed by atoms with Gasteiger partial charge in [0.1, 0.15) is 11.6 Å². The Morgan fingerprint density at radius 3 is 2.12 bits per heavy atom. The van der Waals surface area contributed by atoms with Crippen molar-refractivity contribution in [2.45, 2.75) is 0 Å². The fraction of sp³-hybridized carbons (Fsp3) is 0. The summed E-state index contributed by atoms with van der Waals surface area (Å²) in [7, 11) is 0. The normalized spacial score (nSPS) is 10.3. The Kier molecular flexibility index (Phi) is 3.15. The summed E-state index contributed by atoms with van der Waals surface area (Å²) in [5.74, 6) is -0.842. The zero-order chi connectivity index (χ0) is 12.4. The fourth-order valence-electron chi connectivity index (χ4n) is 1.38. The molecule has 0 radical (unpaired) electrons. The molecule has 2 rings (SSSR count). The molecule has 0 fully saturated rings. The largest absolute Gasteiger partial charge is 0.397 e. The van der Waals surface area contributed by atoms with E-state index in [2.05, 4.69) is 5.32 Å². The highest BCUT2D eigenvalue weighted by molar-refractivity contribution is 6.33. The second kappa shape index (κ2) is 4.59. The van der Waals surface area contributed by atoms with Crippen molar-refractivity contribution >= 4 is 28.7 Å². The molecule has 0 aliphatic heterocycles. The fourth-order valence-corrected chi connectivity index (χ4v) is 1.60. The van der Waals surface area contributed by atoms with Gasteiger partial charge in [0.2, 0.25) is 0 Å². The molecule has 0 aliphatic carbocycles. The van der Waals surface area contributed by atoms with E-state index in [0.29, 0.717) is 11.4 Å². The molecule has 0 aliphatic rings. The number of rotatable bonds is 2. The lowest BCUT2D eigenvalue weighted by Gasteiger charge is -2.10. The number of anilines is 3. The Hall–Kier alpha value is -1.81. The Morgan fingerprint density at radius 2 is 1.53 bits per heavy atom. The first kappa shape index (κ1) is 11.7. The summed E-state index contributed by atoms with van der Waals surface area (Å²) in [5.41, 5.74) is 6.90. The monoisotopic (exact) mass is 254 g/mol. The molecule has 0 aromatic heterocycles. The van der Waals surface area contributed by atoms with Crippen LogP contribution in [-0.4, -0.2) is 0 Å². The minimum atomic E-state index is -0.423. The molecule has 2 nitrogen and oxygen atoms in total. The highest BCUT2D eigenvalue weighted by Crippen LogP contribution is 2.29. The Morgan fingerprint density at radius 1 is 0.941 bits per heavy atom. The lowest BCUT2D eigenvalue weighted by Crippen LogP contribution is -1.97. The van der Waals surface area contributed by atoms with Gasteiger partial charge in [-0.15, -0.1) is 0 Å². The topological polar surface area (TPSA) is 38.0 Å². The molecule has 0 unspecified atom stereocenters. The van der Waals surface area contributed by atoms with Gasteiger partial charge in [0.25, 0.3) is 0 Å². The summed E-state index contributed by atoms with van der Waals surface area (Å²) >= 11 is 5.85. The van der Waals surface area contributed by atoms with Crippen LogP contribution in [0.15, 0.2) is 36.4 Å². The molecule has 0 atom stereocenters. The van der Waals surface area contributed by atoms with E-state index in [1.165, 1.54) is 36.4 Å². The van der Waals surface area contributed by atoms with Crippen molar-refractivity contribution in [2.75, 3.05) is 11.1 Å². The van der Waals surface area contributed by atoms with Gasteiger partial charge < -0.3 is 11.1 Å². The predicted octanol–water partition coefficient (Wildman–Crippen LogP) is 3.94. The van der Waals surface area contributed by atoms with Gasteiger partial charge in [-0.3, -0.25) is 0 Å². The van der Waals surface area contributed by atoms with Gasteiger partial charge in [0, 0.05) is 0 Å². The summed E-state index contributed by atoms with van der Waals surface area (Å²) in [5, 5.41) is 3.13. The standard InChI is InChI=1S/C12H9ClF2N2/c13-9-5-7(14)1-3-11(9)17-12-4-2-8(15)6-10(12)16/h1-6,17H,16H2. The van der Waals surface area contributed by atoms with Gasteiger partial charge in [-0.1, -0.05) is 11.6 Å². The van der Waals surface area contributed by atoms with Gasteiger partial charge in [0.15, 0.2) is 0 Å². The first-order valence-corrected chi connectivity index (χ1v) is 5.21. The summed E-state index contributed by atoms with van der Waals surface area (Å²) in [6, 6.07) is 7.90. The molecule has 5 heteroatoms. The lowest BCUT2D eigenvalue weighted by molar-refractivity contribution is 0.628. The van der Waals surface area contributed by atoms with Gasteiger partial charge in [-0.05, 0) is 36.4 Å². The first-order valence-electron chi connectivity index (χ1n) is 4.83. The summed E-state index contributed by atoms with van der Waals surface area (Å²) in [6.07, 6.45) is 0. The predicted molar refractivity (Wildman–Crippen MR) is 65.5 cm³/mol. The van der Waals surface area contributed by atoms with E-state index in [9.17, 15) is 8.78 Å². The van der Waals surface area contributed by atoms with Gasteiger partial charge in [0.05, 0.1) is 22.1 Å². The number of hydrogen-bond donors (Lipinski definition) is 2. The van der Waals surface area contributed by atoms with Gasteiger partial charge >= 0.3 is 0 Å². The van der Waals surface area contributed by atoms with E-state index in [-0.39, 0.29) is 10.7 Å². The van der Waals surface area contributed by atoms with Crippen LogP contribution in [0, 0.1) is 11.6 Å². The van der Waals surface area contributed by atoms with Gasteiger partial charge in [-0.2, -0.15) is 0 Å². The van der Waals surface area contributed by atoms with Crippen molar-refractivity contribution in [3.63, 3.8) is 0 Å². The van der Waals surface area contributed by atoms with Crippen molar-refractivity contribution in [1.29, 1.82) is 0 Å². The molecule has 88 valence electrons. The minimum Gasteiger partial charge on any atom is -0.397 e. The van der Waals surface area contributed by atoms with E-state index in [1.54, 1.807) is 0 Å². The van der Waals surface area contributed by atoms with Crippen molar-refractivity contribution in [1.82, 2.24) is 0 Å². The van der Waals surface area contributed by atoms with Crippen LogP contribution in [0.25, 0.3) is 0 Å². The SMILES string of the molecule is Nc1cc(F)ccc1Nc1ccc(F)cc1Cl. The number of benzene rings is 2. The van der Waals surface area contributed by atoms with E-state index in [1.807, 2.05) is 0 Å². The summed E-state index contributed by atoms with van der Waals surface area (Å²) in [6.45, 7) is 0. The average molecular weight is 255 g/mol. The maximum atomic E-state index is 12.8. The third kappa shape index (κ3) is 2.65. The van der Waals surface area contributed by atoms with Crippen molar-refractivity contribution in [3.8, 4) is 0 Å². The van der Waals surface area contributed by atoms with Gasteiger partial charge in [-0.25, -0.2) is 8.78 Å². The maximum Gasteiger partial charge on any atom is 0.125 e. The third-order valence-corrected chi connectivity index (χ3v) is 2.53. The van der Waals surface area contributed by atoms with E-state index in [0.717, 1.165) is 0 Å². The molecular weight excluding hydrogens is 246 g/mol. The van der Waals surface area contributed by atoms with E-state index in [4.69, 9.17) is 17.3 Å². The van der Waals surface area contributed by atoms with Crippen LogP contribution >= 0.6 is 11.6 Å². The highest BCUT2D eigenvalue weighted by atomic mass is 35.5. The zero-order valence-electron chi connectivity index (χ0n) is 8.68. The molecule has 2 aromatic rings. The van der Waals surface area contributed by atoms with Crippen LogP contribution in [-0.2, 0) is 0 Å². The molecule has 0 saturated heterocycles. The molecule has 0 amide bonds. The number of nitrogen functional groups attached to an aromatic ring is 1. The summed E-state index contributed by atoms with van der Waals surface area (Å²) in [4.78, 5) is 0. The second-order valence-corrected chi connectivity index (χ2v) is 3.89. The maximum absolute atomic E-state index is 12.8. The Balaban J connectivity index is 2.31. The molecule has 17 heavy (non-hydrogen) atoms. The lowest BCUT2D eigenvalue weighted by atomic mass is 10.2. The molecule has 0 bridgehead atoms. The average Bonchev–Trinajstić information content (AvgIpc) is 2.25. The molecule has 3 N–H and O–H groups in total. The highest BCUT2D eigenvalue weighted by Gasteiger charge is 2.05. The Labute approximate surface area is 102 Å². The third-order valence-electron chi connectivity index (χ3n) is 2.21.